The molecule has 0 unspecified atom stereocenters. The number of amides is 1. The Morgan fingerprint density at radius 1 is 1.17 bits per heavy atom. The van der Waals surface area contributed by atoms with Crippen LogP contribution >= 0.6 is 0 Å². The first kappa shape index (κ1) is 13.0. The summed E-state index contributed by atoms with van der Waals surface area (Å²) in [6, 6.07) is 7.79. The van der Waals surface area contributed by atoms with Crippen LogP contribution in [0.3, 0.4) is 0 Å². The van der Waals surface area contributed by atoms with E-state index >= 15 is 0 Å². The van der Waals surface area contributed by atoms with Gasteiger partial charge in [-0.25, -0.2) is 13.1 Å². The van der Waals surface area contributed by atoms with E-state index in [-0.39, 0.29) is 4.90 Å². The first-order valence-corrected chi connectivity index (χ1v) is 7.34. The zero-order chi connectivity index (χ0) is 13.2. The van der Waals surface area contributed by atoms with E-state index < -0.39 is 21.5 Å². The maximum Gasteiger partial charge on any atom is 0.264 e. The van der Waals surface area contributed by atoms with Crippen LogP contribution in [0.5, 0.6) is 0 Å². The highest BCUT2D eigenvalue weighted by Crippen LogP contribution is 2.27. The molecule has 6 heteroatoms. The van der Waals surface area contributed by atoms with Crippen molar-refractivity contribution in [1.29, 1.82) is 0 Å². The van der Waals surface area contributed by atoms with Gasteiger partial charge >= 0.3 is 0 Å². The molecule has 0 heterocycles. The molecule has 2 rings (SSSR count). The first-order chi connectivity index (χ1) is 8.44. The molecule has 0 atom stereocenters. The second-order valence-corrected chi connectivity index (χ2v) is 6.29. The molecule has 1 aromatic rings. The van der Waals surface area contributed by atoms with Gasteiger partial charge in [-0.3, -0.25) is 4.79 Å². The number of sulfonamides is 1. The number of carbonyl (C=O) groups is 1. The van der Waals surface area contributed by atoms with Crippen molar-refractivity contribution in [1.82, 2.24) is 4.72 Å². The van der Waals surface area contributed by atoms with Gasteiger partial charge in [-0.15, -0.1) is 0 Å². The molecule has 0 aromatic heterocycles. The van der Waals surface area contributed by atoms with Crippen molar-refractivity contribution in [3.63, 3.8) is 0 Å². The summed E-state index contributed by atoms with van der Waals surface area (Å²) >= 11 is 0. The van der Waals surface area contributed by atoms with Gasteiger partial charge in [-0.1, -0.05) is 31.0 Å². The Labute approximate surface area is 106 Å². The number of hydrogen-bond donors (Lipinski definition) is 2. The van der Waals surface area contributed by atoms with E-state index in [1.807, 2.05) is 0 Å². The Morgan fingerprint density at radius 2 is 1.72 bits per heavy atom. The normalized spacial score (nSPS) is 18.5. The van der Waals surface area contributed by atoms with Crippen molar-refractivity contribution in [2.24, 2.45) is 5.73 Å². The molecule has 1 aliphatic carbocycles. The molecule has 1 aromatic carbocycles. The van der Waals surface area contributed by atoms with Crippen molar-refractivity contribution in [3.05, 3.63) is 30.3 Å². The zero-order valence-corrected chi connectivity index (χ0v) is 10.7. The summed E-state index contributed by atoms with van der Waals surface area (Å²) in [5, 5.41) is 0. The Bertz CT molecular complexity index is 534. The molecular weight excluding hydrogens is 252 g/mol. The van der Waals surface area contributed by atoms with Crippen molar-refractivity contribution in [2.45, 2.75) is 36.1 Å². The number of rotatable bonds is 3. The van der Waals surface area contributed by atoms with Gasteiger partial charge in [0.25, 0.3) is 15.9 Å². The van der Waals surface area contributed by atoms with Gasteiger partial charge in [0, 0.05) is 0 Å². The van der Waals surface area contributed by atoms with Gasteiger partial charge in [0.05, 0.1) is 10.4 Å². The number of benzene rings is 1. The predicted molar refractivity (Wildman–Crippen MR) is 67.2 cm³/mol. The average molecular weight is 268 g/mol. The summed E-state index contributed by atoms with van der Waals surface area (Å²) in [5.41, 5.74) is 4.87. The van der Waals surface area contributed by atoms with E-state index in [0.29, 0.717) is 12.8 Å². The molecule has 3 N–H and O–H groups in total. The van der Waals surface area contributed by atoms with Crippen LogP contribution in [0.2, 0.25) is 0 Å². The van der Waals surface area contributed by atoms with Crippen LogP contribution in [0.1, 0.15) is 25.7 Å². The Balaban J connectivity index is 2.17. The highest BCUT2D eigenvalue weighted by atomic mass is 32.2. The fraction of sp³-hybridized carbons (Fsp3) is 0.417. The van der Waals surface area contributed by atoms with Gasteiger partial charge in [-0.2, -0.15) is 0 Å². The summed E-state index contributed by atoms with van der Waals surface area (Å²) in [6.07, 6.45) is 2.77. The topological polar surface area (TPSA) is 89.3 Å². The van der Waals surface area contributed by atoms with E-state index in [0.717, 1.165) is 12.8 Å². The van der Waals surface area contributed by atoms with Crippen LogP contribution in [-0.2, 0) is 14.8 Å². The minimum Gasteiger partial charge on any atom is -0.317 e. The minimum atomic E-state index is -3.81. The zero-order valence-electron chi connectivity index (χ0n) is 9.93. The summed E-state index contributed by atoms with van der Waals surface area (Å²) in [6.45, 7) is 0. The van der Waals surface area contributed by atoms with Crippen molar-refractivity contribution in [2.75, 3.05) is 0 Å². The molecule has 18 heavy (non-hydrogen) atoms. The Morgan fingerprint density at radius 3 is 2.28 bits per heavy atom. The van der Waals surface area contributed by atoms with E-state index in [9.17, 15) is 13.2 Å². The fourth-order valence-electron chi connectivity index (χ4n) is 2.12. The summed E-state index contributed by atoms with van der Waals surface area (Å²) in [7, 11) is -3.81. The van der Waals surface area contributed by atoms with Gasteiger partial charge in [0.1, 0.15) is 0 Å². The lowest BCUT2D eigenvalue weighted by molar-refractivity contribution is -0.124. The molecule has 98 valence electrons. The minimum absolute atomic E-state index is 0.0694. The molecule has 0 aliphatic heterocycles. The lowest BCUT2D eigenvalue weighted by Gasteiger charge is -2.21. The largest absolute Gasteiger partial charge is 0.317 e. The number of nitrogens with one attached hydrogen (secondary N) is 1. The van der Waals surface area contributed by atoms with Gasteiger partial charge in [-0.05, 0) is 25.0 Å². The van der Waals surface area contributed by atoms with Crippen LogP contribution in [0.4, 0.5) is 0 Å². The van der Waals surface area contributed by atoms with Crippen LogP contribution < -0.4 is 10.5 Å². The molecule has 1 saturated carbocycles. The van der Waals surface area contributed by atoms with E-state index in [1.165, 1.54) is 12.1 Å². The summed E-state index contributed by atoms with van der Waals surface area (Å²) in [5.74, 6) is -0.608. The molecule has 0 saturated heterocycles. The third-order valence-electron chi connectivity index (χ3n) is 3.23. The van der Waals surface area contributed by atoms with Crippen LogP contribution in [0.15, 0.2) is 35.2 Å². The standard InChI is InChI=1S/C12H16N2O3S/c13-12(8-4-5-9-12)11(15)14-18(16,17)10-6-2-1-3-7-10/h1-3,6-7H,4-5,8-9,13H2,(H,14,15). The second kappa shape index (κ2) is 4.70. The van der Waals surface area contributed by atoms with Gasteiger partial charge in [0.2, 0.25) is 0 Å². The molecule has 1 aliphatic rings. The highest BCUT2D eigenvalue weighted by Gasteiger charge is 2.39. The quantitative estimate of drug-likeness (QED) is 0.847. The predicted octanol–water partition coefficient (Wildman–Crippen LogP) is 0.763. The third kappa shape index (κ3) is 2.54. The van der Waals surface area contributed by atoms with Crippen LogP contribution in [0, 0.1) is 0 Å². The Hall–Kier alpha value is -1.40. The van der Waals surface area contributed by atoms with E-state index in [2.05, 4.69) is 4.72 Å². The molecular formula is C12H16N2O3S. The number of carbonyl (C=O) groups excluding carboxylic acids is 1. The highest BCUT2D eigenvalue weighted by molar-refractivity contribution is 7.90. The van der Waals surface area contributed by atoms with Crippen molar-refractivity contribution >= 4 is 15.9 Å². The van der Waals surface area contributed by atoms with E-state index in [1.54, 1.807) is 18.2 Å². The second-order valence-electron chi connectivity index (χ2n) is 4.61. The molecule has 1 fully saturated rings. The lowest BCUT2D eigenvalue weighted by Crippen LogP contribution is -2.53. The van der Waals surface area contributed by atoms with Crippen molar-refractivity contribution < 1.29 is 13.2 Å². The number of nitrogens with two attached hydrogens (primary N) is 1. The Kier molecular flexibility index (Phi) is 3.41. The maximum atomic E-state index is 12.0. The summed E-state index contributed by atoms with van der Waals surface area (Å²) < 4.78 is 26.0. The molecule has 0 spiro atoms. The lowest BCUT2D eigenvalue weighted by atomic mass is 9.99. The van der Waals surface area contributed by atoms with Crippen LogP contribution in [0.25, 0.3) is 0 Å². The smallest absolute Gasteiger partial charge is 0.264 e. The van der Waals surface area contributed by atoms with Crippen LogP contribution in [-0.4, -0.2) is 19.9 Å². The van der Waals surface area contributed by atoms with Crippen molar-refractivity contribution in [3.8, 4) is 0 Å². The molecule has 5 nitrogen and oxygen atoms in total. The van der Waals surface area contributed by atoms with E-state index in [4.69, 9.17) is 5.73 Å². The molecule has 0 bridgehead atoms. The average Bonchev–Trinajstić information content (AvgIpc) is 2.78. The third-order valence-corrected chi connectivity index (χ3v) is 4.58. The SMILES string of the molecule is NC1(C(=O)NS(=O)(=O)c2ccccc2)CCCC1. The number of hydrogen-bond acceptors (Lipinski definition) is 4. The molecule has 0 radical (unpaired) electrons. The fourth-order valence-corrected chi connectivity index (χ4v) is 3.20. The first-order valence-electron chi connectivity index (χ1n) is 5.85. The molecule has 1 amide bonds. The van der Waals surface area contributed by atoms with Gasteiger partial charge < -0.3 is 5.73 Å². The summed E-state index contributed by atoms with van der Waals surface area (Å²) in [4.78, 5) is 12.0. The maximum absolute atomic E-state index is 12.0. The monoisotopic (exact) mass is 268 g/mol. The van der Waals surface area contributed by atoms with Gasteiger partial charge in [0.15, 0.2) is 0 Å².